The zero-order valence-electron chi connectivity index (χ0n) is 9.39. The molecular weight excluding hydrogens is 246 g/mol. The van der Waals surface area contributed by atoms with E-state index in [1.165, 1.54) is 0 Å². The number of carbonyl (C=O) groups excluding carboxylic acids is 2. The fourth-order valence-corrected chi connectivity index (χ4v) is 2.09. The van der Waals surface area contributed by atoms with Crippen LogP contribution >= 0.6 is 0 Å². The fourth-order valence-electron chi connectivity index (χ4n) is 2.09. The van der Waals surface area contributed by atoms with E-state index in [0.29, 0.717) is 0 Å². The fraction of sp³-hybridized carbons (Fsp3) is 0.778. The molecule has 0 spiro atoms. The number of amides is 3. The molecule has 2 fully saturated rings. The van der Waals surface area contributed by atoms with Gasteiger partial charge < -0.3 is 25.8 Å². The second kappa shape index (κ2) is 4.78. The molecule has 0 aromatic carbocycles. The van der Waals surface area contributed by atoms with Gasteiger partial charge in [-0.3, -0.25) is 15.0 Å². The van der Waals surface area contributed by atoms with E-state index in [2.05, 4.69) is 0 Å². The van der Waals surface area contributed by atoms with E-state index in [-0.39, 0.29) is 6.42 Å². The van der Waals surface area contributed by atoms with Gasteiger partial charge in [-0.05, 0) is 0 Å². The van der Waals surface area contributed by atoms with Crippen molar-refractivity contribution in [1.29, 1.82) is 0 Å². The van der Waals surface area contributed by atoms with E-state index in [4.69, 9.17) is 15.6 Å². The summed E-state index contributed by atoms with van der Waals surface area (Å²) in [5.41, 5.74) is 5.64. The van der Waals surface area contributed by atoms with Crippen LogP contribution in [0.4, 0.5) is 4.79 Å². The van der Waals surface area contributed by atoms with E-state index < -0.39 is 49.3 Å². The van der Waals surface area contributed by atoms with E-state index in [9.17, 15) is 19.8 Å². The summed E-state index contributed by atoms with van der Waals surface area (Å²) < 4.78 is 5.17. The first-order valence-corrected chi connectivity index (χ1v) is 5.46. The largest absolute Gasteiger partial charge is 0.394 e. The second-order valence-electron chi connectivity index (χ2n) is 4.26. The molecular formula is C9H15N3O6. The van der Waals surface area contributed by atoms with Crippen molar-refractivity contribution in [2.45, 2.75) is 37.1 Å². The molecule has 0 radical (unpaired) electrons. The van der Waals surface area contributed by atoms with Crippen molar-refractivity contribution in [3.63, 3.8) is 0 Å². The standard InChI is InChI=1S/C9H15N3O6/c10-4-1-5(14)11-9(17)12(4)8-7(16)6(15)3(2-13)18-8/h3-4,6-8,13,15-16H,1-2,10H2,(H,11,14,17)/t3-,4?,6+,7?,8?/m1/s1. The first kappa shape index (κ1) is 13.2. The van der Waals surface area contributed by atoms with Gasteiger partial charge in [0.05, 0.1) is 19.2 Å². The minimum absolute atomic E-state index is 0.127. The van der Waals surface area contributed by atoms with Crippen LogP contribution in [0.1, 0.15) is 6.42 Å². The van der Waals surface area contributed by atoms with Crippen LogP contribution in [0.15, 0.2) is 0 Å². The molecule has 2 rings (SSSR count). The molecule has 0 aromatic rings. The molecule has 0 aliphatic carbocycles. The number of imide groups is 1. The molecule has 9 heteroatoms. The van der Waals surface area contributed by atoms with Gasteiger partial charge in [0.15, 0.2) is 6.23 Å². The van der Waals surface area contributed by atoms with Crippen LogP contribution in [0.25, 0.3) is 0 Å². The number of aliphatic hydroxyl groups is 3. The number of ether oxygens (including phenoxy) is 1. The predicted octanol–water partition coefficient (Wildman–Crippen LogP) is -3.35. The number of carbonyl (C=O) groups is 2. The van der Waals surface area contributed by atoms with Crippen molar-refractivity contribution in [3.8, 4) is 0 Å². The Morgan fingerprint density at radius 1 is 1.39 bits per heavy atom. The number of hydrogen-bond acceptors (Lipinski definition) is 7. The van der Waals surface area contributed by atoms with E-state index in [1.54, 1.807) is 0 Å². The van der Waals surface area contributed by atoms with Crippen LogP contribution in [0.2, 0.25) is 0 Å². The lowest BCUT2D eigenvalue weighted by molar-refractivity contribution is -0.129. The Bertz CT molecular complexity index is 364. The third-order valence-corrected chi connectivity index (χ3v) is 3.02. The van der Waals surface area contributed by atoms with Crippen LogP contribution in [0.5, 0.6) is 0 Å². The van der Waals surface area contributed by atoms with Crippen LogP contribution < -0.4 is 11.1 Å². The number of hydrogen-bond donors (Lipinski definition) is 5. The molecule has 3 unspecified atom stereocenters. The number of rotatable bonds is 2. The number of nitrogens with two attached hydrogens (primary N) is 1. The topological polar surface area (TPSA) is 145 Å². The van der Waals surface area contributed by atoms with Gasteiger partial charge in [0.25, 0.3) is 0 Å². The van der Waals surface area contributed by atoms with E-state index in [0.717, 1.165) is 4.90 Å². The lowest BCUT2D eigenvalue weighted by Crippen LogP contribution is -2.63. The van der Waals surface area contributed by atoms with Gasteiger partial charge in [-0.15, -0.1) is 0 Å². The Hall–Kier alpha value is -1.26. The molecule has 18 heavy (non-hydrogen) atoms. The molecule has 0 aromatic heterocycles. The van der Waals surface area contributed by atoms with Gasteiger partial charge in [0.2, 0.25) is 5.91 Å². The predicted molar refractivity (Wildman–Crippen MR) is 55.7 cm³/mol. The molecule has 0 bridgehead atoms. The van der Waals surface area contributed by atoms with Gasteiger partial charge in [0.1, 0.15) is 18.3 Å². The Labute approximate surface area is 102 Å². The van der Waals surface area contributed by atoms with Gasteiger partial charge in [-0.1, -0.05) is 0 Å². The van der Waals surface area contributed by atoms with E-state index >= 15 is 0 Å². The summed E-state index contributed by atoms with van der Waals surface area (Å²) >= 11 is 0. The Balaban J connectivity index is 2.16. The van der Waals surface area contributed by atoms with Crippen molar-refractivity contribution < 1.29 is 29.6 Å². The maximum Gasteiger partial charge on any atom is 0.327 e. The van der Waals surface area contributed by atoms with Gasteiger partial charge in [0, 0.05) is 0 Å². The summed E-state index contributed by atoms with van der Waals surface area (Å²) in [7, 11) is 0. The van der Waals surface area contributed by atoms with Crippen LogP contribution in [0, 0.1) is 0 Å². The molecule has 2 heterocycles. The molecule has 2 aliphatic rings. The summed E-state index contributed by atoms with van der Waals surface area (Å²) in [6, 6.07) is -0.798. The lowest BCUT2D eigenvalue weighted by atomic mass is 10.1. The van der Waals surface area contributed by atoms with Crippen LogP contribution in [0.3, 0.4) is 0 Å². The summed E-state index contributed by atoms with van der Waals surface area (Å²) in [6.07, 6.45) is -5.98. The molecule has 3 amide bonds. The Morgan fingerprint density at radius 3 is 2.56 bits per heavy atom. The van der Waals surface area contributed by atoms with E-state index in [1.807, 2.05) is 5.32 Å². The van der Waals surface area contributed by atoms with Crippen molar-refractivity contribution >= 4 is 11.9 Å². The minimum Gasteiger partial charge on any atom is -0.394 e. The molecule has 102 valence electrons. The summed E-state index contributed by atoms with van der Waals surface area (Å²) in [4.78, 5) is 23.7. The molecule has 2 aliphatic heterocycles. The highest BCUT2D eigenvalue weighted by molar-refractivity contribution is 5.97. The smallest absolute Gasteiger partial charge is 0.327 e. The van der Waals surface area contributed by atoms with Gasteiger partial charge >= 0.3 is 6.03 Å². The number of aliphatic hydroxyl groups excluding tert-OH is 3. The Kier molecular flexibility index (Phi) is 3.50. The number of nitrogens with zero attached hydrogens (tertiary/aromatic N) is 1. The average molecular weight is 261 g/mol. The summed E-state index contributed by atoms with van der Waals surface area (Å²) in [5.74, 6) is -0.518. The maximum atomic E-state index is 11.6. The van der Waals surface area contributed by atoms with Crippen LogP contribution in [-0.4, -0.2) is 69.5 Å². The van der Waals surface area contributed by atoms with Crippen molar-refractivity contribution in [3.05, 3.63) is 0 Å². The van der Waals surface area contributed by atoms with Crippen LogP contribution in [-0.2, 0) is 9.53 Å². The summed E-state index contributed by atoms with van der Waals surface area (Å²) in [5, 5.41) is 30.3. The van der Waals surface area contributed by atoms with Crippen molar-refractivity contribution in [2.75, 3.05) is 6.61 Å². The SMILES string of the molecule is NC1CC(=O)NC(=O)N1C1O[C@H](CO)[C@H](O)C1O. The second-order valence-corrected chi connectivity index (χ2v) is 4.26. The zero-order chi connectivity index (χ0) is 13.4. The Morgan fingerprint density at radius 2 is 2.06 bits per heavy atom. The number of nitrogens with one attached hydrogen (secondary N) is 1. The molecule has 0 saturated carbocycles. The summed E-state index contributed by atoms with van der Waals surface area (Å²) in [6.45, 7) is -0.502. The molecule has 2 saturated heterocycles. The normalized spacial score (nSPS) is 41.1. The van der Waals surface area contributed by atoms with Gasteiger partial charge in [-0.25, -0.2) is 4.79 Å². The minimum atomic E-state index is -1.40. The zero-order valence-corrected chi connectivity index (χ0v) is 9.39. The maximum absolute atomic E-state index is 11.6. The first-order valence-electron chi connectivity index (χ1n) is 5.46. The van der Waals surface area contributed by atoms with Crippen molar-refractivity contribution in [1.82, 2.24) is 10.2 Å². The molecule has 6 N–H and O–H groups in total. The molecule has 5 atom stereocenters. The monoisotopic (exact) mass is 261 g/mol. The third-order valence-electron chi connectivity index (χ3n) is 3.02. The quantitative estimate of drug-likeness (QED) is 0.349. The first-order chi connectivity index (χ1) is 8.45. The highest BCUT2D eigenvalue weighted by atomic mass is 16.6. The van der Waals surface area contributed by atoms with Crippen molar-refractivity contribution in [2.24, 2.45) is 5.73 Å². The highest BCUT2D eigenvalue weighted by Crippen LogP contribution is 2.26. The highest BCUT2D eigenvalue weighted by Gasteiger charge is 2.49. The average Bonchev–Trinajstić information content (AvgIpc) is 2.56. The number of urea groups is 1. The lowest BCUT2D eigenvalue weighted by Gasteiger charge is -2.37. The third kappa shape index (κ3) is 2.06. The van der Waals surface area contributed by atoms with Gasteiger partial charge in [-0.2, -0.15) is 0 Å². The molecule has 9 nitrogen and oxygen atoms in total.